The Morgan fingerprint density at radius 2 is 1.86 bits per heavy atom. The van der Waals surface area contributed by atoms with E-state index >= 15 is 0 Å². The van der Waals surface area contributed by atoms with E-state index in [1.165, 1.54) is 41.2 Å². The van der Waals surface area contributed by atoms with Gasteiger partial charge in [0.25, 0.3) is 0 Å². The van der Waals surface area contributed by atoms with E-state index in [2.05, 4.69) is 57.3 Å². The van der Waals surface area contributed by atoms with Crippen molar-refractivity contribution in [3.8, 4) is 0 Å². The van der Waals surface area contributed by atoms with Crippen LogP contribution < -0.4 is 5.22 Å². The Hall–Kier alpha value is -0.01000. The summed E-state index contributed by atoms with van der Waals surface area (Å²) in [6, 6.07) is 4.58. The zero-order valence-corrected chi connectivity index (χ0v) is 18.3. The van der Waals surface area contributed by atoms with Crippen molar-refractivity contribution in [3.63, 3.8) is 0 Å². The van der Waals surface area contributed by atoms with Crippen LogP contribution in [0.5, 0.6) is 0 Å². The molecule has 0 aliphatic heterocycles. The Morgan fingerprint density at radius 3 is 2.41 bits per heavy atom. The molecule has 1 aromatic carbocycles. The van der Waals surface area contributed by atoms with Crippen LogP contribution >= 0.6 is 17.0 Å². The number of benzene rings is 1. The summed E-state index contributed by atoms with van der Waals surface area (Å²) in [5, 5.41) is 1.31. The molecule has 0 amide bonds. The topological polar surface area (TPSA) is 0 Å². The minimum atomic E-state index is -2.48. The third-order valence-corrected chi connectivity index (χ3v) is 10.9. The fraction of sp³-hybridized carbons (Fsp3) is 0.278. The molecule has 3 rings (SSSR count). The average Bonchev–Trinajstić information content (AvgIpc) is 3.03. The van der Waals surface area contributed by atoms with E-state index < -0.39 is 27.8 Å². The summed E-state index contributed by atoms with van der Waals surface area (Å²) in [7, 11) is 12.5. The van der Waals surface area contributed by atoms with Gasteiger partial charge in [0.05, 0.1) is 0 Å². The Kier molecular flexibility index (Phi) is 4.95. The first kappa shape index (κ1) is 16.8. The molecule has 1 aromatic rings. The third kappa shape index (κ3) is 2.67. The van der Waals surface area contributed by atoms with Crippen LogP contribution in [0, 0.1) is 11.7 Å². The maximum absolute atomic E-state index is 6.50. The monoisotopic (exact) mass is 423 g/mol. The van der Waals surface area contributed by atoms with Gasteiger partial charge in [0, 0.05) is 0 Å². The summed E-state index contributed by atoms with van der Waals surface area (Å²) in [5.41, 5.74) is 6.98. The van der Waals surface area contributed by atoms with Gasteiger partial charge in [0.1, 0.15) is 0 Å². The molecule has 113 valence electrons. The van der Waals surface area contributed by atoms with Gasteiger partial charge in [0.2, 0.25) is 0 Å². The number of hydrogen-bond acceptors (Lipinski definition) is 0. The fourth-order valence-corrected chi connectivity index (χ4v) is 9.77. The first-order chi connectivity index (χ1) is 10.4. The molecule has 2 aliphatic rings. The number of halogens is 2. The van der Waals surface area contributed by atoms with Crippen LogP contribution in [0.1, 0.15) is 24.5 Å². The number of allylic oxidation sites excluding steroid dienone is 6. The predicted molar refractivity (Wildman–Crippen MR) is 96.7 cm³/mol. The van der Waals surface area contributed by atoms with Crippen molar-refractivity contribution in [2.24, 2.45) is 0 Å². The number of fused-ring (bicyclic) bond motifs is 1. The average molecular weight is 426 g/mol. The molecule has 0 radical (unpaired) electrons. The molecule has 0 fully saturated rings. The van der Waals surface area contributed by atoms with Crippen LogP contribution in [0.4, 0.5) is 0 Å². The quantitative estimate of drug-likeness (QED) is 0.565. The van der Waals surface area contributed by atoms with E-state index in [0.29, 0.717) is 0 Å². The second kappa shape index (κ2) is 6.48. The van der Waals surface area contributed by atoms with Gasteiger partial charge in [-0.3, -0.25) is 0 Å². The van der Waals surface area contributed by atoms with Crippen molar-refractivity contribution < 1.29 is 19.4 Å². The van der Waals surface area contributed by atoms with Crippen molar-refractivity contribution in [3.05, 3.63) is 62.7 Å². The molecule has 0 aromatic heterocycles. The molecule has 0 N–H and O–H groups in total. The van der Waals surface area contributed by atoms with E-state index in [-0.39, 0.29) is 0 Å². The zero-order valence-electron chi connectivity index (χ0n) is 13.3. The van der Waals surface area contributed by atoms with E-state index in [1.54, 1.807) is 0 Å². The molecule has 0 nitrogen and oxygen atoms in total. The molecular formula is C18H19Cl2SiZr. The molecule has 4 heteroatoms. The van der Waals surface area contributed by atoms with Crippen LogP contribution in [-0.4, -0.2) is 8.41 Å². The predicted octanol–water partition coefficient (Wildman–Crippen LogP) is 5.29. The zero-order chi connectivity index (χ0) is 16.0. The molecule has 0 spiro atoms. The summed E-state index contributed by atoms with van der Waals surface area (Å²) in [5.74, 6) is 0. The molecule has 0 saturated carbocycles. The molecule has 0 bridgehead atoms. The molecule has 0 unspecified atom stereocenters. The van der Waals surface area contributed by atoms with Crippen molar-refractivity contribution in [2.45, 2.75) is 33.4 Å². The van der Waals surface area contributed by atoms with Crippen LogP contribution in [0.3, 0.4) is 0 Å². The standard InChI is InChI=1S/C18H19Si.2ClH.Zr/c1-12-11-15-9-10-16(19(3)4)13(2)18(15)17(12)14-7-5-6-8-14;;;/h5-7,9-10H,8H2,1-4H3;2*1H;/q;;;+2/p-2. The Labute approximate surface area is 148 Å². The summed E-state index contributed by atoms with van der Waals surface area (Å²) in [6.45, 7) is 9.19. The second-order valence-corrected chi connectivity index (χ2v) is 16.8. The van der Waals surface area contributed by atoms with Crippen LogP contribution in [0.25, 0.3) is 8.85 Å². The number of rotatable bonds is 2. The molecular weight excluding hydrogens is 406 g/mol. The first-order valence-corrected chi connectivity index (χ1v) is 17.6. The van der Waals surface area contributed by atoms with Crippen molar-refractivity contribution in [2.75, 3.05) is 0 Å². The molecule has 0 saturated heterocycles. The molecule has 0 heterocycles. The molecule has 0 atom stereocenters. The SMILES string of the molecule is CC1=C(C2=CC=CC2)c2c(C)c(=[Si](C)C)ccc2=[C]1[Zr]([Cl])[Cl]. The summed E-state index contributed by atoms with van der Waals surface area (Å²) < 4.78 is 1.28. The van der Waals surface area contributed by atoms with Gasteiger partial charge in [0.15, 0.2) is 0 Å². The van der Waals surface area contributed by atoms with Gasteiger partial charge < -0.3 is 0 Å². The summed E-state index contributed by atoms with van der Waals surface area (Å²) >= 11 is -2.48. The summed E-state index contributed by atoms with van der Waals surface area (Å²) in [6.07, 6.45) is 7.64. The normalized spacial score (nSPS) is 16.3. The Balaban J connectivity index is 2.41. The van der Waals surface area contributed by atoms with Gasteiger partial charge in [-0.15, -0.1) is 0 Å². The third-order valence-electron chi connectivity index (χ3n) is 4.55. The fourth-order valence-electron chi connectivity index (χ4n) is 3.58. The van der Waals surface area contributed by atoms with E-state index in [0.717, 1.165) is 6.42 Å². The molecule has 2 aliphatic carbocycles. The van der Waals surface area contributed by atoms with Crippen LogP contribution in [-0.2, 0) is 19.4 Å². The van der Waals surface area contributed by atoms with Gasteiger partial charge >= 0.3 is 150 Å². The van der Waals surface area contributed by atoms with Gasteiger partial charge in [-0.05, 0) is 0 Å². The maximum atomic E-state index is 6.50. The van der Waals surface area contributed by atoms with Crippen molar-refractivity contribution in [1.82, 2.24) is 0 Å². The van der Waals surface area contributed by atoms with Crippen LogP contribution in [0.15, 0.2) is 41.5 Å². The molecule has 22 heavy (non-hydrogen) atoms. The van der Waals surface area contributed by atoms with Gasteiger partial charge in [-0.1, -0.05) is 0 Å². The number of hydrogen-bond donors (Lipinski definition) is 0. The minimum absolute atomic E-state index is 0.480. The van der Waals surface area contributed by atoms with Crippen LogP contribution in [0.2, 0.25) is 13.1 Å². The Morgan fingerprint density at radius 1 is 1.14 bits per heavy atom. The Bertz CT molecular complexity index is 869. The first-order valence-electron chi connectivity index (χ1n) is 7.51. The van der Waals surface area contributed by atoms with E-state index in [9.17, 15) is 0 Å². The van der Waals surface area contributed by atoms with E-state index in [4.69, 9.17) is 17.0 Å². The van der Waals surface area contributed by atoms with Crippen molar-refractivity contribution >= 4 is 34.3 Å². The van der Waals surface area contributed by atoms with Gasteiger partial charge in [-0.2, -0.15) is 0 Å². The second-order valence-electron chi connectivity index (χ2n) is 6.12. The van der Waals surface area contributed by atoms with E-state index in [1.807, 2.05) is 0 Å². The van der Waals surface area contributed by atoms with Gasteiger partial charge in [-0.25, -0.2) is 0 Å². The van der Waals surface area contributed by atoms with Crippen molar-refractivity contribution in [1.29, 1.82) is 0 Å². The summed E-state index contributed by atoms with van der Waals surface area (Å²) in [4.78, 5) is 1.52.